The average molecular weight is 281 g/mol. The van der Waals surface area contributed by atoms with Crippen LogP contribution in [0.1, 0.15) is 30.1 Å². The van der Waals surface area contributed by atoms with Crippen molar-refractivity contribution in [1.82, 2.24) is 10.3 Å². The van der Waals surface area contributed by atoms with Gasteiger partial charge >= 0.3 is 0 Å². The number of carbonyl (C=O) groups excluding carboxylic acids is 1. The number of rotatable bonds is 6. The van der Waals surface area contributed by atoms with Crippen LogP contribution in [0.15, 0.2) is 12.3 Å². The number of aromatic nitrogens is 1. The van der Waals surface area contributed by atoms with Crippen LogP contribution in [0.5, 0.6) is 0 Å². The quantitative estimate of drug-likeness (QED) is 0.834. The number of halogens is 1. The molecule has 1 aliphatic rings. The van der Waals surface area contributed by atoms with Gasteiger partial charge in [-0.25, -0.2) is 9.37 Å². The van der Waals surface area contributed by atoms with Crippen LogP contribution in [0, 0.1) is 11.7 Å². The molecule has 1 saturated heterocycles. The number of pyridine rings is 1. The molecule has 1 aromatic rings. The highest BCUT2D eigenvalue weighted by Gasteiger charge is 2.17. The van der Waals surface area contributed by atoms with Crippen LogP contribution in [0.3, 0.4) is 0 Å². The van der Waals surface area contributed by atoms with Crippen molar-refractivity contribution in [1.29, 1.82) is 0 Å². The highest BCUT2D eigenvalue weighted by Crippen LogP contribution is 2.16. The van der Waals surface area contributed by atoms with E-state index in [0.29, 0.717) is 24.8 Å². The van der Waals surface area contributed by atoms with Gasteiger partial charge in [-0.05, 0) is 31.7 Å². The Balaban J connectivity index is 1.91. The Morgan fingerprint density at radius 2 is 2.45 bits per heavy atom. The number of nitrogens with zero attached hydrogens (tertiary/aromatic N) is 1. The Morgan fingerprint density at radius 3 is 3.15 bits per heavy atom. The lowest BCUT2D eigenvalue weighted by molar-refractivity contribution is 0.0950. The van der Waals surface area contributed by atoms with Crippen LogP contribution >= 0.6 is 0 Å². The number of nitrogens with one attached hydrogen (secondary N) is 2. The number of hydrogen-bond acceptors (Lipinski definition) is 4. The predicted molar refractivity (Wildman–Crippen MR) is 74.2 cm³/mol. The van der Waals surface area contributed by atoms with Crippen LogP contribution in [0.25, 0.3) is 0 Å². The highest BCUT2D eigenvalue weighted by atomic mass is 19.1. The van der Waals surface area contributed by atoms with Crippen molar-refractivity contribution in [3.05, 3.63) is 23.6 Å². The van der Waals surface area contributed by atoms with Crippen molar-refractivity contribution >= 4 is 11.7 Å². The van der Waals surface area contributed by atoms with Gasteiger partial charge in [0.05, 0.1) is 11.8 Å². The van der Waals surface area contributed by atoms with E-state index in [1.54, 1.807) is 0 Å². The second-order valence-electron chi connectivity index (χ2n) is 4.85. The molecule has 6 heteroatoms. The largest absolute Gasteiger partial charge is 0.381 e. The van der Waals surface area contributed by atoms with Gasteiger partial charge in [0.1, 0.15) is 11.6 Å². The zero-order chi connectivity index (χ0) is 14.4. The second-order valence-corrected chi connectivity index (χ2v) is 4.85. The molecule has 0 aromatic carbocycles. The Bertz CT molecular complexity index is 462. The molecule has 2 heterocycles. The summed E-state index contributed by atoms with van der Waals surface area (Å²) in [5, 5.41) is 5.77. The average Bonchev–Trinajstić information content (AvgIpc) is 2.94. The van der Waals surface area contributed by atoms with E-state index < -0.39 is 5.82 Å². The van der Waals surface area contributed by atoms with Crippen molar-refractivity contribution in [2.75, 3.05) is 31.6 Å². The SMILES string of the molecule is CCNc1ncc(F)cc1C(=O)NCCC1CCOC1. The van der Waals surface area contributed by atoms with Gasteiger partial charge in [-0.3, -0.25) is 4.79 Å². The van der Waals surface area contributed by atoms with E-state index in [0.717, 1.165) is 32.3 Å². The summed E-state index contributed by atoms with van der Waals surface area (Å²) < 4.78 is 18.5. The van der Waals surface area contributed by atoms with Gasteiger partial charge in [-0.1, -0.05) is 0 Å². The molecule has 1 amide bonds. The van der Waals surface area contributed by atoms with Crippen LogP contribution in [-0.2, 0) is 4.74 Å². The molecule has 1 atom stereocenters. The summed E-state index contributed by atoms with van der Waals surface area (Å²) in [6.45, 7) is 4.65. The first-order chi connectivity index (χ1) is 9.70. The smallest absolute Gasteiger partial charge is 0.255 e. The lowest BCUT2D eigenvalue weighted by atomic mass is 10.1. The third kappa shape index (κ3) is 3.90. The van der Waals surface area contributed by atoms with E-state index in [1.807, 2.05) is 6.92 Å². The highest BCUT2D eigenvalue weighted by molar-refractivity contribution is 5.98. The maximum atomic E-state index is 13.2. The fourth-order valence-electron chi connectivity index (χ4n) is 2.22. The molecule has 1 unspecified atom stereocenters. The van der Waals surface area contributed by atoms with E-state index in [2.05, 4.69) is 15.6 Å². The maximum Gasteiger partial charge on any atom is 0.255 e. The van der Waals surface area contributed by atoms with Crippen LogP contribution < -0.4 is 10.6 Å². The van der Waals surface area contributed by atoms with Crippen LogP contribution in [-0.4, -0.2) is 37.2 Å². The summed E-state index contributed by atoms with van der Waals surface area (Å²) in [7, 11) is 0. The van der Waals surface area contributed by atoms with E-state index in [-0.39, 0.29) is 11.5 Å². The molecule has 5 nitrogen and oxygen atoms in total. The van der Waals surface area contributed by atoms with Gasteiger partial charge in [0, 0.05) is 26.3 Å². The van der Waals surface area contributed by atoms with Gasteiger partial charge in [0.25, 0.3) is 5.91 Å². The van der Waals surface area contributed by atoms with Gasteiger partial charge in [-0.2, -0.15) is 0 Å². The van der Waals surface area contributed by atoms with Crippen molar-refractivity contribution < 1.29 is 13.9 Å². The Labute approximate surface area is 117 Å². The zero-order valence-electron chi connectivity index (χ0n) is 11.6. The molecule has 2 rings (SSSR count). The monoisotopic (exact) mass is 281 g/mol. The summed E-state index contributed by atoms with van der Waals surface area (Å²) >= 11 is 0. The fraction of sp³-hybridized carbons (Fsp3) is 0.571. The predicted octanol–water partition coefficient (Wildman–Crippen LogP) is 1.81. The number of anilines is 1. The van der Waals surface area contributed by atoms with E-state index in [1.165, 1.54) is 6.07 Å². The summed E-state index contributed by atoms with van der Waals surface area (Å²) in [4.78, 5) is 16.0. The summed E-state index contributed by atoms with van der Waals surface area (Å²) in [5.74, 6) is 0.109. The molecule has 2 N–H and O–H groups in total. The molecule has 1 fully saturated rings. The molecule has 0 aliphatic carbocycles. The minimum Gasteiger partial charge on any atom is -0.381 e. The van der Waals surface area contributed by atoms with Gasteiger partial charge in [0.2, 0.25) is 0 Å². The molecule has 0 bridgehead atoms. The summed E-state index contributed by atoms with van der Waals surface area (Å²) in [6, 6.07) is 1.21. The number of ether oxygens (including phenoxy) is 1. The van der Waals surface area contributed by atoms with Crippen LogP contribution in [0.2, 0.25) is 0 Å². The van der Waals surface area contributed by atoms with Gasteiger partial charge in [0.15, 0.2) is 0 Å². The molecule has 1 aromatic heterocycles. The molecule has 110 valence electrons. The zero-order valence-corrected chi connectivity index (χ0v) is 11.6. The Morgan fingerprint density at radius 1 is 1.60 bits per heavy atom. The first-order valence-electron chi connectivity index (χ1n) is 6.96. The molecular formula is C14H20FN3O2. The van der Waals surface area contributed by atoms with Crippen molar-refractivity contribution in [3.8, 4) is 0 Å². The van der Waals surface area contributed by atoms with E-state index in [4.69, 9.17) is 4.74 Å². The third-order valence-electron chi connectivity index (χ3n) is 3.31. The maximum absolute atomic E-state index is 13.2. The Kier molecular flexibility index (Phi) is 5.29. The van der Waals surface area contributed by atoms with Crippen LogP contribution in [0.4, 0.5) is 10.2 Å². The molecule has 1 aliphatic heterocycles. The molecule has 0 spiro atoms. The first-order valence-corrected chi connectivity index (χ1v) is 6.96. The number of amides is 1. The molecule has 20 heavy (non-hydrogen) atoms. The molecule has 0 radical (unpaired) electrons. The summed E-state index contributed by atoms with van der Waals surface area (Å²) in [6.07, 6.45) is 3.02. The van der Waals surface area contributed by atoms with E-state index >= 15 is 0 Å². The van der Waals surface area contributed by atoms with Gasteiger partial charge < -0.3 is 15.4 Å². The van der Waals surface area contributed by atoms with Crippen molar-refractivity contribution in [2.45, 2.75) is 19.8 Å². The van der Waals surface area contributed by atoms with Crippen molar-refractivity contribution in [3.63, 3.8) is 0 Å². The normalized spacial score (nSPS) is 18.0. The lowest BCUT2D eigenvalue weighted by Gasteiger charge is -2.11. The molecular weight excluding hydrogens is 261 g/mol. The topological polar surface area (TPSA) is 63.2 Å². The lowest BCUT2D eigenvalue weighted by Crippen LogP contribution is -2.27. The molecule has 0 saturated carbocycles. The minimum atomic E-state index is -0.513. The Hall–Kier alpha value is -1.69. The third-order valence-corrected chi connectivity index (χ3v) is 3.31. The first kappa shape index (κ1) is 14.7. The fourth-order valence-corrected chi connectivity index (χ4v) is 2.22. The standard InChI is InChI=1S/C14H20FN3O2/c1-2-16-13-12(7-11(15)8-18-13)14(19)17-5-3-10-4-6-20-9-10/h7-8,10H,2-6,9H2,1H3,(H,16,18)(H,17,19). The minimum absolute atomic E-state index is 0.245. The van der Waals surface area contributed by atoms with E-state index in [9.17, 15) is 9.18 Å². The van der Waals surface area contributed by atoms with Gasteiger partial charge in [-0.15, -0.1) is 0 Å². The second kappa shape index (κ2) is 7.19. The summed E-state index contributed by atoms with van der Waals surface area (Å²) in [5.41, 5.74) is 0.245. The number of carbonyl (C=O) groups is 1. The van der Waals surface area contributed by atoms with Crippen molar-refractivity contribution in [2.24, 2.45) is 5.92 Å². The number of hydrogen-bond donors (Lipinski definition) is 2.